The number of hydrogen-bond donors (Lipinski definition) is 1. The van der Waals surface area contributed by atoms with Gasteiger partial charge in [0.15, 0.2) is 0 Å². The van der Waals surface area contributed by atoms with Crippen LogP contribution < -0.4 is 5.32 Å². The maximum atomic E-state index is 6.07. The third-order valence-electron chi connectivity index (χ3n) is 2.72. The van der Waals surface area contributed by atoms with Gasteiger partial charge >= 0.3 is 0 Å². The predicted molar refractivity (Wildman–Crippen MR) is 80.6 cm³/mol. The minimum absolute atomic E-state index is 0.629. The van der Waals surface area contributed by atoms with Crippen LogP contribution in [0.15, 0.2) is 23.1 Å². The van der Waals surface area contributed by atoms with Crippen LogP contribution in [0.4, 0.5) is 0 Å². The summed E-state index contributed by atoms with van der Waals surface area (Å²) >= 11 is 7.98. The fraction of sp³-hybridized carbons (Fsp3) is 0.571. The van der Waals surface area contributed by atoms with E-state index in [4.69, 9.17) is 16.3 Å². The topological polar surface area (TPSA) is 21.3 Å². The van der Waals surface area contributed by atoms with E-state index in [1.54, 1.807) is 7.11 Å². The maximum Gasteiger partial charge on any atom is 0.0587 e. The third kappa shape index (κ3) is 5.61. The number of methoxy groups -OCH3 is 1. The summed E-state index contributed by atoms with van der Waals surface area (Å²) in [5.74, 6) is 0. The molecule has 0 fully saturated rings. The molecule has 1 atom stereocenters. The Morgan fingerprint density at radius 2 is 2.22 bits per heavy atom. The number of hydrogen-bond acceptors (Lipinski definition) is 3. The standard InChI is InChI=1S/C14H22ClNOS/c1-4-11(2)18-14-6-5-13(15)9-12(14)10-16-7-8-17-3/h5-6,9,11,16H,4,7-8,10H2,1-3H3. The number of ether oxygens (including phenoxy) is 1. The second-order valence-corrected chi connectivity index (χ2v) is 6.18. The molecule has 2 nitrogen and oxygen atoms in total. The molecular weight excluding hydrogens is 266 g/mol. The molecule has 4 heteroatoms. The maximum absolute atomic E-state index is 6.07. The lowest BCUT2D eigenvalue weighted by molar-refractivity contribution is 0.199. The van der Waals surface area contributed by atoms with E-state index in [1.807, 2.05) is 23.9 Å². The molecule has 102 valence electrons. The highest BCUT2D eigenvalue weighted by molar-refractivity contribution is 8.00. The summed E-state index contributed by atoms with van der Waals surface area (Å²) in [7, 11) is 1.71. The van der Waals surface area contributed by atoms with Gasteiger partial charge in [-0.25, -0.2) is 0 Å². The lowest BCUT2D eigenvalue weighted by atomic mass is 10.2. The van der Waals surface area contributed by atoms with E-state index in [0.717, 1.165) is 24.7 Å². The van der Waals surface area contributed by atoms with Crippen molar-refractivity contribution in [2.45, 2.75) is 37.0 Å². The molecule has 1 aromatic carbocycles. The molecule has 0 aliphatic carbocycles. The van der Waals surface area contributed by atoms with E-state index in [9.17, 15) is 0 Å². The Bertz CT molecular complexity index is 360. The zero-order chi connectivity index (χ0) is 13.4. The summed E-state index contributed by atoms with van der Waals surface area (Å²) in [6.07, 6.45) is 1.17. The normalized spacial score (nSPS) is 12.7. The van der Waals surface area contributed by atoms with Gasteiger partial charge in [-0.05, 0) is 30.2 Å². The largest absolute Gasteiger partial charge is 0.383 e. The molecule has 0 amide bonds. The van der Waals surface area contributed by atoms with Gasteiger partial charge in [0, 0.05) is 35.4 Å². The first-order valence-electron chi connectivity index (χ1n) is 6.32. The number of halogens is 1. The average molecular weight is 288 g/mol. The molecule has 0 aliphatic rings. The van der Waals surface area contributed by atoms with E-state index in [-0.39, 0.29) is 0 Å². The van der Waals surface area contributed by atoms with Crippen LogP contribution in [0.3, 0.4) is 0 Å². The van der Waals surface area contributed by atoms with Gasteiger partial charge in [0.25, 0.3) is 0 Å². The van der Waals surface area contributed by atoms with Crippen molar-refractivity contribution in [2.24, 2.45) is 0 Å². The third-order valence-corrected chi connectivity index (χ3v) is 4.35. The van der Waals surface area contributed by atoms with Gasteiger partial charge in [-0.3, -0.25) is 0 Å². The first kappa shape index (κ1) is 15.8. The summed E-state index contributed by atoms with van der Waals surface area (Å²) in [4.78, 5) is 1.32. The van der Waals surface area contributed by atoms with Gasteiger partial charge in [-0.1, -0.05) is 25.4 Å². The van der Waals surface area contributed by atoms with Crippen molar-refractivity contribution in [1.29, 1.82) is 0 Å². The van der Waals surface area contributed by atoms with E-state index >= 15 is 0 Å². The van der Waals surface area contributed by atoms with Gasteiger partial charge in [0.1, 0.15) is 0 Å². The lowest BCUT2D eigenvalue weighted by Crippen LogP contribution is -2.19. The van der Waals surface area contributed by atoms with Crippen LogP contribution in [0, 0.1) is 0 Å². The summed E-state index contributed by atoms with van der Waals surface area (Å²) in [6.45, 7) is 6.89. The summed E-state index contributed by atoms with van der Waals surface area (Å²) in [5, 5.41) is 4.79. The van der Waals surface area contributed by atoms with Crippen LogP contribution in [-0.2, 0) is 11.3 Å². The zero-order valence-electron chi connectivity index (χ0n) is 11.3. The van der Waals surface area contributed by atoms with Crippen LogP contribution in [0.25, 0.3) is 0 Å². The van der Waals surface area contributed by atoms with Gasteiger partial charge < -0.3 is 10.1 Å². The van der Waals surface area contributed by atoms with Crippen molar-refractivity contribution in [1.82, 2.24) is 5.32 Å². The Morgan fingerprint density at radius 3 is 2.89 bits per heavy atom. The molecule has 0 bridgehead atoms. The van der Waals surface area contributed by atoms with Crippen LogP contribution in [0.5, 0.6) is 0 Å². The van der Waals surface area contributed by atoms with Crippen molar-refractivity contribution in [3.05, 3.63) is 28.8 Å². The Balaban J connectivity index is 2.64. The fourth-order valence-electron chi connectivity index (χ4n) is 1.50. The monoisotopic (exact) mass is 287 g/mol. The molecule has 0 spiro atoms. The summed E-state index contributed by atoms with van der Waals surface area (Å²) in [6, 6.07) is 6.13. The Hall–Kier alpha value is -0.220. The van der Waals surface area contributed by atoms with Crippen LogP contribution in [0.1, 0.15) is 25.8 Å². The van der Waals surface area contributed by atoms with E-state index in [2.05, 4.69) is 25.2 Å². The van der Waals surface area contributed by atoms with Gasteiger partial charge in [-0.2, -0.15) is 0 Å². The zero-order valence-corrected chi connectivity index (χ0v) is 12.9. The second kappa shape index (κ2) is 8.81. The smallest absolute Gasteiger partial charge is 0.0587 e. The molecule has 1 N–H and O–H groups in total. The van der Waals surface area contributed by atoms with Crippen molar-refractivity contribution in [3.63, 3.8) is 0 Å². The van der Waals surface area contributed by atoms with Crippen molar-refractivity contribution >= 4 is 23.4 Å². The number of rotatable bonds is 8. The second-order valence-electron chi connectivity index (χ2n) is 4.26. The highest BCUT2D eigenvalue weighted by Crippen LogP contribution is 2.30. The fourth-order valence-corrected chi connectivity index (χ4v) is 2.72. The number of thioether (sulfide) groups is 1. The Labute approximate surface area is 119 Å². The molecule has 0 saturated heterocycles. The van der Waals surface area contributed by atoms with Crippen LogP contribution in [-0.4, -0.2) is 25.5 Å². The number of benzene rings is 1. The van der Waals surface area contributed by atoms with Crippen molar-refractivity contribution in [3.8, 4) is 0 Å². The summed E-state index contributed by atoms with van der Waals surface area (Å²) < 4.78 is 5.02. The minimum Gasteiger partial charge on any atom is -0.383 e. The van der Waals surface area contributed by atoms with Gasteiger partial charge in [0.2, 0.25) is 0 Å². The molecule has 1 rings (SSSR count). The molecular formula is C14H22ClNOS. The van der Waals surface area contributed by atoms with Crippen molar-refractivity contribution in [2.75, 3.05) is 20.3 Å². The SMILES string of the molecule is CCC(C)Sc1ccc(Cl)cc1CNCCOC. The molecule has 0 radical (unpaired) electrons. The van der Waals surface area contributed by atoms with E-state index in [0.29, 0.717) is 5.25 Å². The average Bonchev–Trinajstić information content (AvgIpc) is 2.37. The number of nitrogens with one attached hydrogen (secondary N) is 1. The van der Waals surface area contributed by atoms with E-state index in [1.165, 1.54) is 16.9 Å². The Kier molecular flexibility index (Phi) is 7.75. The van der Waals surface area contributed by atoms with E-state index < -0.39 is 0 Å². The predicted octanol–water partition coefficient (Wildman–Crippen LogP) is 3.97. The first-order valence-corrected chi connectivity index (χ1v) is 7.57. The minimum atomic E-state index is 0.629. The summed E-state index contributed by atoms with van der Waals surface area (Å²) in [5.41, 5.74) is 1.27. The van der Waals surface area contributed by atoms with Crippen LogP contribution in [0.2, 0.25) is 5.02 Å². The highest BCUT2D eigenvalue weighted by atomic mass is 35.5. The molecule has 1 aromatic rings. The van der Waals surface area contributed by atoms with Gasteiger partial charge in [-0.15, -0.1) is 11.8 Å². The molecule has 0 heterocycles. The molecule has 18 heavy (non-hydrogen) atoms. The highest BCUT2D eigenvalue weighted by Gasteiger charge is 2.07. The van der Waals surface area contributed by atoms with Gasteiger partial charge in [0.05, 0.1) is 6.61 Å². The quantitative estimate of drug-likeness (QED) is 0.577. The molecule has 0 aromatic heterocycles. The first-order chi connectivity index (χ1) is 8.67. The molecule has 0 aliphatic heterocycles. The molecule has 1 unspecified atom stereocenters. The lowest BCUT2D eigenvalue weighted by Gasteiger charge is -2.14. The molecule has 0 saturated carbocycles. The Morgan fingerprint density at radius 1 is 1.44 bits per heavy atom. The van der Waals surface area contributed by atoms with Crippen molar-refractivity contribution < 1.29 is 4.74 Å². The van der Waals surface area contributed by atoms with Crippen LogP contribution >= 0.6 is 23.4 Å².